The lowest BCUT2D eigenvalue weighted by molar-refractivity contribution is -0.122. The highest BCUT2D eigenvalue weighted by molar-refractivity contribution is 7.92. The molecule has 3 rings (SSSR count). The molecule has 0 bridgehead atoms. The largest absolute Gasteiger partial charge is 0.479 e. The minimum Gasteiger partial charge on any atom is -0.479 e. The molecule has 0 spiro atoms. The van der Waals surface area contributed by atoms with Crippen molar-refractivity contribution in [3.63, 3.8) is 0 Å². The Labute approximate surface area is 147 Å². The molecule has 2 aromatic rings. The third kappa shape index (κ3) is 3.61. The molecule has 132 valence electrons. The van der Waals surface area contributed by atoms with Crippen molar-refractivity contribution in [2.24, 2.45) is 0 Å². The van der Waals surface area contributed by atoms with Crippen molar-refractivity contribution in [2.45, 2.75) is 37.7 Å². The average molecular weight is 360 g/mol. The molecule has 0 aliphatic carbocycles. The summed E-state index contributed by atoms with van der Waals surface area (Å²) in [7, 11) is -3.71. The molecule has 0 saturated carbocycles. The minimum absolute atomic E-state index is 0.184. The summed E-state index contributed by atoms with van der Waals surface area (Å²) in [6, 6.07) is 11.6. The smallest absolute Gasteiger partial charge is 0.265 e. The van der Waals surface area contributed by atoms with E-state index in [9.17, 15) is 13.2 Å². The fourth-order valence-electron chi connectivity index (χ4n) is 2.52. The summed E-state index contributed by atoms with van der Waals surface area (Å²) in [6.07, 6.45) is -0.575. The first kappa shape index (κ1) is 17.3. The van der Waals surface area contributed by atoms with Gasteiger partial charge in [0.15, 0.2) is 6.10 Å². The van der Waals surface area contributed by atoms with Gasteiger partial charge in [-0.05, 0) is 48.7 Å². The fourth-order valence-corrected chi connectivity index (χ4v) is 3.57. The van der Waals surface area contributed by atoms with Gasteiger partial charge >= 0.3 is 0 Å². The first-order valence-corrected chi connectivity index (χ1v) is 9.49. The van der Waals surface area contributed by atoms with Gasteiger partial charge in [0.25, 0.3) is 15.9 Å². The Hall–Kier alpha value is -2.54. The van der Waals surface area contributed by atoms with Crippen molar-refractivity contribution in [2.75, 3.05) is 10.0 Å². The number of rotatable bonds is 4. The zero-order chi connectivity index (χ0) is 18.2. The number of hydrogen-bond donors (Lipinski definition) is 2. The quantitative estimate of drug-likeness (QED) is 0.876. The summed E-state index contributed by atoms with van der Waals surface area (Å²) in [6.45, 7) is 5.74. The first-order chi connectivity index (χ1) is 11.8. The molecule has 25 heavy (non-hydrogen) atoms. The molecule has 1 aliphatic heterocycles. The molecular formula is C18H20N2O4S. The van der Waals surface area contributed by atoms with Gasteiger partial charge in [-0.1, -0.05) is 26.0 Å². The summed E-state index contributed by atoms with van der Waals surface area (Å²) in [5, 5.41) is 2.70. The molecule has 0 unspecified atom stereocenters. The van der Waals surface area contributed by atoms with Crippen LogP contribution in [-0.2, 0) is 14.8 Å². The molecule has 1 atom stereocenters. The van der Waals surface area contributed by atoms with Crippen LogP contribution in [0.25, 0.3) is 0 Å². The van der Waals surface area contributed by atoms with Gasteiger partial charge in [-0.15, -0.1) is 0 Å². The van der Waals surface area contributed by atoms with E-state index in [0.29, 0.717) is 23.0 Å². The van der Waals surface area contributed by atoms with E-state index in [1.165, 1.54) is 0 Å². The standard InChI is InChI=1S/C18H20N2O4S/c1-11(2)13-4-7-15(8-5-13)25(22,23)20-14-6-9-17-16(10-14)19-18(21)12(3)24-17/h4-12,20H,1-3H3,(H,19,21)/t12-/m1/s1. The average Bonchev–Trinajstić information content (AvgIpc) is 2.56. The molecule has 2 N–H and O–H groups in total. The van der Waals surface area contributed by atoms with E-state index in [0.717, 1.165) is 5.56 Å². The maximum Gasteiger partial charge on any atom is 0.265 e. The lowest BCUT2D eigenvalue weighted by Gasteiger charge is -2.23. The summed E-state index contributed by atoms with van der Waals surface area (Å²) in [5.74, 6) is 0.574. The predicted octanol–water partition coefficient (Wildman–Crippen LogP) is 3.33. The van der Waals surface area contributed by atoms with E-state index in [-0.39, 0.29) is 10.8 Å². The summed E-state index contributed by atoms with van der Waals surface area (Å²) < 4.78 is 33.1. The molecule has 6 nitrogen and oxygen atoms in total. The van der Waals surface area contributed by atoms with Crippen LogP contribution in [-0.4, -0.2) is 20.4 Å². The van der Waals surface area contributed by atoms with E-state index in [2.05, 4.69) is 10.0 Å². The molecular weight excluding hydrogens is 340 g/mol. The summed E-state index contributed by atoms with van der Waals surface area (Å²) >= 11 is 0. The van der Waals surface area contributed by atoms with Gasteiger partial charge in [0.1, 0.15) is 5.75 Å². The lowest BCUT2D eigenvalue weighted by atomic mass is 10.0. The van der Waals surface area contributed by atoms with E-state index in [1.54, 1.807) is 37.3 Å². The molecule has 0 saturated heterocycles. The van der Waals surface area contributed by atoms with Crippen molar-refractivity contribution in [3.8, 4) is 5.75 Å². The number of benzene rings is 2. The van der Waals surface area contributed by atoms with Gasteiger partial charge in [0.2, 0.25) is 0 Å². The molecule has 0 fully saturated rings. The molecule has 1 heterocycles. The van der Waals surface area contributed by atoms with Crippen LogP contribution < -0.4 is 14.8 Å². The number of anilines is 2. The maximum absolute atomic E-state index is 12.5. The molecule has 7 heteroatoms. The van der Waals surface area contributed by atoms with Crippen molar-refractivity contribution < 1.29 is 17.9 Å². The van der Waals surface area contributed by atoms with Crippen LogP contribution in [0.1, 0.15) is 32.3 Å². The van der Waals surface area contributed by atoms with Crippen LogP contribution in [0, 0.1) is 0 Å². The Balaban J connectivity index is 1.84. The van der Waals surface area contributed by atoms with Crippen LogP contribution in [0.15, 0.2) is 47.4 Å². The Morgan fingerprint density at radius 3 is 2.44 bits per heavy atom. The SMILES string of the molecule is CC(C)c1ccc(S(=O)(=O)Nc2ccc3c(c2)NC(=O)[C@@H](C)O3)cc1. The van der Waals surface area contributed by atoms with Crippen LogP contribution in [0.4, 0.5) is 11.4 Å². The van der Waals surface area contributed by atoms with E-state index in [4.69, 9.17) is 4.74 Å². The highest BCUT2D eigenvalue weighted by Crippen LogP contribution is 2.33. The van der Waals surface area contributed by atoms with Crippen LogP contribution >= 0.6 is 0 Å². The maximum atomic E-state index is 12.5. The van der Waals surface area contributed by atoms with Crippen LogP contribution in [0.5, 0.6) is 5.75 Å². The highest BCUT2D eigenvalue weighted by Gasteiger charge is 2.24. The summed E-state index contributed by atoms with van der Waals surface area (Å²) in [5.41, 5.74) is 1.87. The molecule has 0 aromatic heterocycles. The van der Waals surface area contributed by atoms with E-state index < -0.39 is 16.1 Å². The Kier molecular flexibility index (Phi) is 4.43. The van der Waals surface area contributed by atoms with E-state index >= 15 is 0 Å². The van der Waals surface area contributed by atoms with Crippen molar-refractivity contribution in [1.29, 1.82) is 0 Å². The van der Waals surface area contributed by atoms with Gasteiger partial charge in [-0.3, -0.25) is 9.52 Å². The second-order valence-corrected chi connectivity index (χ2v) is 7.97. The zero-order valence-electron chi connectivity index (χ0n) is 14.2. The molecule has 1 amide bonds. The van der Waals surface area contributed by atoms with Gasteiger partial charge in [0.05, 0.1) is 16.3 Å². The van der Waals surface area contributed by atoms with Crippen LogP contribution in [0.2, 0.25) is 0 Å². The monoisotopic (exact) mass is 360 g/mol. The summed E-state index contributed by atoms with van der Waals surface area (Å²) in [4.78, 5) is 11.9. The lowest BCUT2D eigenvalue weighted by Crippen LogP contribution is -2.34. The normalized spacial score (nSPS) is 16.8. The Bertz CT molecular complexity index is 905. The van der Waals surface area contributed by atoms with Gasteiger partial charge in [0, 0.05) is 0 Å². The second kappa shape index (κ2) is 6.40. The first-order valence-electron chi connectivity index (χ1n) is 8.00. The van der Waals surface area contributed by atoms with Gasteiger partial charge in [-0.2, -0.15) is 0 Å². The van der Waals surface area contributed by atoms with Gasteiger partial charge in [-0.25, -0.2) is 8.42 Å². The van der Waals surface area contributed by atoms with Crippen molar-refractivity contribution in [3.05, 3.63) is 48.0 Å². The molecule has 1 aliphatic rings. The van der Waals surface area contributed by atoms with E-state index in [1.807, 2.05) is 26.0 Å². The number of sulfonamides is 1. The van der Waals surface area contributed by atoms with Crippen molar-refractivity contribution in [1.82, 2.24) is 0 Å². The number of nitrogens with one attached hydrogen (secondary N) is 2. The fraction of sp³-hybridized carbons (Fsp3) is 0.278. The number of amides is 1. The topological polar surface area (TPSA) is 84.5 Å². The number of fused-ring (bicyclic) bond motifs is 1. The second-order valence-electron chi connectivity index (χ2n) is 6.29. The number of carbonyl (C=O) groups excluding carboxylic acids is 1. The van der Waals surface area contributed by atoms with Crippen LogP contribution in [0.3, 0.4) is 0 Å². The number of carbonyl (C=O) groups is 1. The zero-order valence-corrected chi connectivity index (χ0v) is 15.1. The third-order valence-electron chi connectivity index (χ3n) is 4.02. The molecule has 0 radical (unpaired) electrons. The predicted molar refractivity (Wildman–Crippen MR) is 96.5 cm³/mol. The number of ether oxygens (including phenoxy) is 1. The minimum atomic E-state index is -3.71. The highest BCUT2D eigenvalue weighted by atomic mass is 32.2. The third-order valence-corrected chi connectivity index (χ3v) is 5.42. The number of hydrogen-bond acceptors (Lipinski definition) is 4. The Morgan fingerprint density at radius 1 is 1.12 bits per heavy atom. The molecule has 2 aromatic carbocycles. The Morgan fingerprint density at radius 2 is 1.80 bits per heavy atom. The van der Waals surface area contributed by atoms with Gasteiger partial charge < -0.3 is 10.1 Å². The van der Waals surface area contributed by atoms with Crippen molar-refractivity contribution >= 4 is 27.3 Å².